The van der Waals surface area contributed by atoms with Gasteiger partial charge in [-0.25, -0.2) is 23.1 Å². The van der Waals surface area contributed by atoms with E-state index in [-0.39, 0.29) is 33.5 Å². The van der Waals surface area contributed by atoms with Crippen LogP contribution in [0.2, 0.25) is 0 Å². The summed E-state index contributed by atoms with van der Waals surface area (Å²) in [4.78, 5) is 24.0. The normalized spacial score (nSPS) is 11.4. The molecule has 9 heteroatoms. The Balaban J connectivity index is 1.90. The van der Waals surface area contributed by atoms with E-state index in [1.165, 1.54) is 30.6 Å². The summed E-state index contributed by atoms with van der Waals surface area (Å²) in [6, 6.07) is 8.10. The zero-order chi connectivity index (χ0) is 22.6. The Hall–Kier alpha value is -4.27. The highest BCUT2D eigenvalue weighted by atomic mass is 19.1. The highest BCUT2D eigenvalue weighted by Gasteiger charge is 2.20. The van der Waals surface area contributed by atoms with E-state index < -0.39 is 17.5 Å². The van der Waals surface area contributed by atoms with Crippen molar-refractivity contribution >= 4 is 34.0 Å². The Bertz CT molecular complexity index is 1560. The van der Waals surface area contributed by atoms with Gasteiger partial charge in [-0.15, -0.1) is 0 Å². The molecule has 0 bridgehead atoms. The number of pyridine rings is 2. The largest absolute Gasteiger partial charge is 0.381 e. The van der Waals surface area contributed by atoms with Crippen LogP contribution in [-0.4, -0.2) is 25.8 Å². The fourth-order valence-corrected chi connectivity index (χ4v) is 3.91. The second-order valence-corrected chi connectivity index (χ2v) is 7.19. The number of rotatable bonds is 3. The summed E-state index contributed by atoms with van der Waals surface area (Å²) in [7, 11) is 0. The fourth-order valence-electron chi connectivity index (χ4n) is 3.91. The highest BCUT2D eigenvalue weighted by Crippen LogP contribution is 2.34. The molecule has 158 valence electrons. The molecule has 2 N–H and O–H groups in total. The van der Waals surface area contributed by atoms with Crippen LogP contribution in [0.5, 0.6) is 0 Å². The van der Waals surface area contributed by atoms with Gasteiger partial charge in [-0.1, -0.05) is 0 Å². The van der Waals surface area contributed by atoms with E-state index in [4.69, 9.17) is 5.73 Å². The molecule has 0 aliphatic carbocycles. The van der Waals surface area contributed by atoms with E-state index in [1.807, 2.05) is 0 Å². The molecule has 0 amide bonds. The number of aryl methyl sites for hydroxylation is 1. The molecule has 0 radical (unpaired) electrons. The number of anilines is 1. The Morgan fingerprint density at radius 2 is 1.72 bits per heavy atom. The number of nitrogen functional groups attached to an aromatic ring is 1. The summed E-state index contributed by atoms with van der Waals surface area (Å²) in [6.07, 6.45) is 3.32. The van der Waals surface area contributed by atoms with Crippen LogP contribution in [0.3, 0.4) is 0 Å². The van der Waals surface area contributed by atoms with Crippen molar-refractivity contribution in [1.82, 2.24) is 19.5 Å². The summed E-state index contributed by atoms with van der Waals surface area (Å²) in [5, 5.41) is -0.0349. The van der Waals surface area contributed by atoms with Crippen LogP contribution in [0.15, 0.2) is 48.8 Å². The van der Waals surface area contributed by atoms with Gasteiger partial charge < -0.3 is 5.73 Å². The van der Waals surface area contributed by atoms with Crippen LogP contribution in [0.1, 0.15) is 16.2 Å². The molecule has 0 atom stereocenters. The molecule has 5 aromatic rings. The first-order valence-electron chi connectivity index (χ1n) is 9.52. The fraction of sp³-hybridized carbons (Fsp3) is 0.0435. The lowest BCUT2D eigenvalue weighted by Gasteiger charge is -2.13. The van der Waals surface area contributed by atoms with Crippen molar-refractivity contribution < 1.29 is 18.0 Å². The van der Waals surface area contributed by atoms with E-state index in [1.54, 1.807) is 17.6 Å². The number of fused-ring (bicyclic) bond motifs is 2. The van der Waals surface area contributed by atoms with Gasteiger partial charge in [0.1, 0.15) is 23.0 Å². The number of halogens is 3. The average molecular weight is 433 g/mol. The third kappa shape index (κ3) is 2.82. The predicted molar refractivity (Wildman–Crippen MR) is 114 cm³/mol. The Labute approximate surface area is 179 Å². The van der Waals surface area contributed by atoms with Crippen molar-refractivity contribution in [3.63, 3.8) is 0 Å². The third-order valence-corrected chi connectivity index (χ3v) is 5.32. The molecule has 32 heavy (non-hydrogen) atoms. The smallest absolute Gasteiger partial charge is 0.173 e. The Kier molecular flexibility index (Phi) is 4.40. The molecule has 0 aliphatic rings. The maximum absolute atomic E-state index is 14.8. The molecule has 5 rings (SSSR count). The van der Waals surface area contributed by atoms with Gasteiger partial charge in [-0.3, -0.25) is 14.3 Å². The number of aldehydes is 1. The van der Waals surface area contributed by atoms with Gasteiger partial charge in [0.15, 0.2) is 17.9 Å². The van der Waals surface area contributed by atoms with Crippen LogP contribution in [-0.2, 0) is 0 Å². The van der Waals surface area contributed by atoms with E-state index in [0.717, 1.165) is 12.1 Å². The summed E-state index contributed by atoms with van der Waals surface area (Å²) >= 11 is 0. The summed E-state index contributed by atoms with van der Waals surface area (Å²) in [5.74, 6) is -1.92. The second-order valence-electron chi connectivity index (χ2n) is 7.19. The minimum Gasteiger partial charge on any atom is -0.381 e. The summed E-state index contributed by atoms with van der Waals surface area (Å²) in [5.41, 5.74) is 7.21. The van der Waals surface area contributed by atoms with Gasteiger partial charge in [-0.05, 0) is 48.9 Å². The highest BCUT2D eigenvalue weighted by molar-refractivity contribution is 6.00. The molecular weight excluding hydrogens is 419 g/mol. The molecule has 6 nitrogen and oxygen atoms in total. The molecule has 0 fully saturated rings. The van der Waals surface area contributed by atoms with Crippen LogP contribution in [0.25, 0.3) is 38.8 Å². The SMILES string of the molecule is Cc1nc2c(C=O)cc(-c3ccnc(N)c3F)cc2n1-c1ccnc2c(F)ccc(F)c12. The van der Waals surface area contributed by atoms with Crippen molar-refractivity contribution in [2.75, 3.05) is 5.73 Å². The number of nitrogens with two attached hydrogens (primary N) is 1. The Morgan fingerprint density at radius 3 is 2.50 bits per heavy atom. The summed E-state index contributed by atoms with van der Waals surface area (Å²) < 4.78 is 45.3. The predicted octanol–water partition coefficient (Wildman–Crippen LogP) is 4.76. The zero-order valence-corrected chi connectivity index (χ0v) is 16.6. The number of imidazole rings is 1. The van der Waals surface area contributed by atoms with Gasteiger partial charge in [0.05, 0.1) is 22.1 Å². The van der Waals surface area contributed by atoms with Crippen molar-refractivity contribution in [3.8, 4) is 16.8 Å². The zero-order valence-electron chi connectivity index (χ0n) is 16.6. The number of carbonyl (C=O) groups is 1. The Morgan fingerprint density at radius 1 is 0.969 bits per heavy atom. The number of hydrogen-bond donors (Lipinski definition) is 1. The molecule has 0 unspecified atom stereocenters. The van der Waals surface area contributed by atoms with Crippen LogP contribution in [0, 0.1) is 24.4 Å². The third-order valence-electron chi connectivity index (χ3n) is 5.32. The first kappa shape index (κ1) is 19.7. The molecule has 0 saturated heterocycles. The molecule has 3 heterocycles. The van der Waals surface area contributed by atoms with E-state index in [9.17, 15) is 18.0 Å². The quantitative estimate of drug-likeness (QED) is 0.415. The molecule has 2 aromatic carbocycles. The number of hydrogen-bond acceptors (Lipinski definition) is 5. The molecule has 0 spiro atoms. The average Bonchev–Trinajstić information content (AvgIpc) is 3.12. The van der Waals surface area contributed by atoms with Crippen LogP contribution < -0.4 is 5.73 Å². The lowest BCUT2D eigenvalue weighted by Crippen LogP contribution is -2.02. The van der Waals surface area contributed by atoms with E-state index in [0.29, 0.717) is 28.7 Å². The van der Waals surface area contributed by atoms with Crippen LogP contribution >= 0.6 is 0 Å². The molecule has 3 aromatic heterocycles. The van der Waals surface area contributed by atoms with E-state index >= 15 is 0 Å². The molecule has 0 saturated carbocycles. The topological polar surface area (TPSA) is 86.7 Å². The molecule has 0 aliphatic heterocycles. The van der Waals surface area contributed by atoms with E-state index in [2.05, 4.69) is 15.0 Å². The maximum atomic E-state index is 14.8. The van der Waals surface area contributed by atoms with Crippen molar-refractivity contribution in [1.29, 1.82) is 0 Å². The molecular formula is C23H14F3N5O. The maximum Gasteiger partial charge on any atom is 0.173 e. The number of carbonyl (C=O) groups excluding carboxylic acids is 1. The second kappa shape index (κ2) is 7.16. The standard InChI is InChI=1S/C23H14F3N5O/c1-11-30-21-13(10-32)8-12(14-4-6-29-23(27)20(14)26)9-18(21)31(11)17-5-7-28-22-16(25)3-2-15(24)19(17)22/h2-10H,1H3,(H2,27,29). The van der Waals surface area contributed by atoms with Crippen molar-refractivity contribution in [2.45, 2.75) is 6.92 Å². The number of nitrogens with zero attached hydrogens (tertiary/aromatic N) is 4. The summed E-state index contributed by atoms with van der Waals surface area (Å²) in [6.45, 7) is 1.67. The van der Waals surface area contributed by atoms with Gasteiger partial charge in [0, 0.05) is 23.5 Å². The lowest BCUT2D eigenvalue weighted by molar-refractivity contribution is 0.112. The van der Waals surface area contributed by atoms with Crippen LogP contribution in [0.4, 0.5) is 19.0 Å². The van der Waals surface area contributed by atoms with Gasteiger partial charge in [0.2, 0.25) is 0 Å². The first-order valence-corrected chi connectivity index (χ1v) is 9.52. The van der Waals surface area contributed by atoms with Gasteiger partial charge >= 0.3 is 0 Å². The van der Waals surface area contributed by atoms with Gasteiger partial charge in [-0.2, -0.15) is 0 Å². The lowest BCUT2D eigenvalue weighted by atomic mass is 10.0. The van der Waals surface area contributed by atoms with Crippen molar-refractivity contribution in [2.24, 2.45) is 0 Å². The minimum absolute atomic E-state index is 0.0349. The number of benzene rings is 2. The monoisotopic (exact) mass is 433 g/mol. The first-order chi connectivity index (χ1) is 15.4. The minimum atomic E-state index is -0.728. The number of aromatic nitrogens is 4. The van der Waals surface area contributed by atoms with Gasteiger partial charge in [0.25, 0.3) is 0 Å². The van der Waals surface area contributed by atoms with Crippen molar-refractivity contribution in [3.05, 3.63) is 77.6 Å².